The number of nitrogens with two attached hydrogens (primary N) is 1. The molecule has 0 spiro atoms. The molecule has 0 aliphatic rings. The molecule has 0 aliphatic carbocycles. The molecule has 0 fully saturated rings. The quantitative estimate of drug-likeness (QED) is 0.783. The maximum Gasteiger partial charge on any atom is 0.239 e. The molecule has 0 bridgehead atoms. The van der Waals surface area contributed by atoms with Crippen molar-refractivity contribution in [3.8, 4) is 0 Å². The third kappa shape index (κ3) is 3.76. The molecule has 1 heterocycles. The molecule has 1 aromatic rings. The lowest BCUT2D eigenvalue weighted by Crippen LogP contribution is -2.38. The zero-order valence-electron chi connectivity index (χ0n) is 9.90. The van der Waals surface area contributed by atoms with Crippen molar-refractivity contribution >= 4 is 17.5 Å². The highest BCUT2D eigenvalue weighted by atomic mass is 16.2. The number of nitrogens with zero attached hydrogens (tertiary/aromatic N) is 2. The van der Waals surface area contributed by atoms with Crippen molar-refractivity contribution in [3.05, 3.63) is 18.2 Å². The number of carbonyl (C=O) groups is 1. The van der Waals surface area contributed by atoms with Gasteiger partial charge in [-0.2, -0.15) is 0 Å². The lowest BCUT2D eigenvalue weighted by molar-refractivity contribution is -0.120. The Balaban J connectivity index is 2.58. The minimum absolute atomic E-state index is 0.0262. The smallest absolute Gasteiger partial charge is 0.239 e. The Kier molecular flexibility index (Phi) is 4.10. The van der Waals surface area contributed by atoms with Gasteiger partial charge in [0.05, 0.1) is 6.54 Å². The van der Waals surface area contributed by atoms with Crippen molar-refractivity contribution in [1.82, 2.24) is 10.3 Å². The van der Waals surface area contributed by atoms with E-state index in [9.17, 15) is 4.79 Å². The predicted octanol–water partition coefficient (Wildman–Crippen LogP) is 0.625. The number of rotatable bonds is 4. The first-order chi connectivity index (χ1) is 7.49. The Morgan fingerprint density at radius 3 is 2.81 bits per heavy atom. The summed E-state index contributed by atoms with van der Waals surface area (Å²) in [5.41, 5.74) is 5.57. The van der Waals surface area contributed by atoms with Crippen molar-refractivity contribution < 1.29 is 4.79 Å². The molecule has 1 amide bonds. The Bertz CT molecular complexity index is 365. The summed E-state index contributed by atoms with van der Waals surface area (Å²) in [5, 5.41) is 2.82. The van der Waals surface area contributed by atoms with E-state index in [0.717, 1.165) is 0 Å². The van der Waals surface area contributed by atoms with Gasteiger partial charge in [0.2, 0.25) is 5.91 Å². The van der Waals surface area contributed by atoms with E-state index in [1.807, 2.05) is 33.0 Å². The number of pyridine rings is 1. The molecule has 1 aromatic heterocycles. The van der Waals surface area contributed by atoms with Crippen LogP contribution in [0.2, 0.25) is 0 Å². The molecule has 0 radical (unpaired) electrons. The molecule has 5 nitrogen and oxygen atoms in total. The van der Waals surface area contributed by atoms with Gasteiger partial charge in [0.1, 0.15) is 11.6 Å². The number of amides is 1. The van der Waals surface area contributed by atoms with E-state index in [4.69, 9.17) is 5.73 Å². The van der Waals surface area contributed by atoms with Gasteiger partial charge in [-0.3, -0.25) is 4.79 Å². The van der Waals surface area contributed by atoms with Gasteiger partial charge in [0.25, 0.3) is 0 Å². The zero-order valence-corrected chi connectivity index (χ0v) is 9.90. The van der Waals surface area contributed by atoms with Crippen LogP contribution in [0.5, 0.6) is 0 Å². The van der Waals surface area contributed by atoms with Gasteiger partial charge >= 0.3 is 0 Å². The van der Waals surface area contributed by atoms with Gasteiger partial charge in [0.15, 0.2) is 0 Å². The van der Waals surface area contributed by atoms with E-state index >= 15 is 0 Å². The predicted molar refractivity (Wildman–Crippen MR) is 65.2 cm³/mol. The third-order valence-electron chi connectivity index (χ3n) is 1.98. The number of likely N-dealkylation sites (N-methyl/N-ethyl adjacent to an activating group) is 1. The number of carbonyl (C=O) groups excluding carboxylic acids is 1. The average molecular weight is 222 g/mol. The molecule has 0 unspecified atom stereocenters. The fraction of sp³-hybridized carbons (Fsp3) is 0.455. The summed E-state index contributed by atoms with van der Waals surface area (Å²) < 4.78 is 0. The second-order valence-electron chi connectivity index (χ2n) is 4.00. The van der Waals surface area contributed by atoms with Crippen LogP contribution in [0, 0.1) is 0 Å². The highest BCUT2D eigenvalue weighted by Gasteiger charge is 2.09. The SMILES string of the molecule is CC(C)NC(=O)CN(C)c1cccc(N)n1. The van der Waals surface area contributed by atoms with Crippen LogP contribution in [0.15, 0.2) is 18.2 Å². The standard InChI is InChI=1S/C11H18N4O/c1-8(2)13-11(16)7-15(3)10-6-4-5-9(12)14-10/h4-6,8H,7H2,1-3H3,(H2,12,14)(H,13,16). The molecule has 5 heteroatoms. The minimum atomic E-state index is -0.0262. The molecule has 0 aliphatic heterocycles. The van der Waals surface area contributed by atoms with Crippen LogP contribution >= 0.6 is 0 Å². The fourth-order valence-electron chi connectivity index (χ4n) is 1.32. The summed E-state index contributed by atoms with van der Waals surface area (Å²) in [5.74, 6) is 1.12. The van der Waals surface area contributed by atoms with Crippen molar-refractivity contribution in [2.24, 2.45) is 0 Å². The maximum atomic E-state index is 11.5. The van der Waals surface area contributed by atoms with Crippen LogP contribution in [-0.2, 0) is 4.79 Å². The van der Waals surface area contributed by atoms with Crippen LogP contribution in [0.25, 0.3) is 0 Å². The van der Waals surface area contributed by atoms with Gasteiger partial charge in [-0.05, 0) is 26.0 Å². The normalized spacial score (nSPS) is 10.2. The summed E-state index contributed by atoms with van der Waals surface area (Å²) >= 11 is 0. The number of nitrogens with one attached hydrogen (secondary N) is 1. The van der Waals surface area contributed by atoms with E-state index in [2.05, 4.69) is 10.3 Å². The lowest BCUT2D eigenvalue weighted by atomic mass is 10.3. The first kappa shape index (κ1) is 12.3. The van der Waals surface area contributed by atoms with Crippen molar-refractivity contribution in [2.75, 3.05) is 24.2 Å². The summed E-state index contributed by atoms with van der Waals surface area (Å²) in [6, 6.07) is 5.49. The molecule has 0 saturated carbocycles. The minimum Gasteiger partial charge on any atom is -0.384 e. The second kappa shape index (κ2) is 5.34. The number of hydrogen-bond acceptors (Lipinski definition) is 4. The second-order valence-corrected chi connectivity index (χ2v) is 4.00. The van der Waals surface area contributed by atoms with Crippen molar-refractivity contribution in [2.45, 2.75) is 19.9 Å². The van der Waals surface area contributed by atoms with Gasteiger partial charge in [-0.15, -0.1) is 0 Å². The van der Waals surface area contributed by atoms with E-state index in [0.29, 0.717) is 11.6 Å². The van der Waals surface area contributed by atoms with Gasteiger partial charge in [0, 0.05) is 13.1 Å². The van der Waals surface area contributed by atoms with Crippen LogP contribution in [0.1, 0.15) is 13.8 Å². The first-order valence-electron chi connectivity index (χ1n) is 5.22. The van der Waals surface area contributed by atoms with Crippen LogP contribution in [-0.4, -0.2) is 30.5 Å². The van der Waals surface area contributed by atoms with E-state index in [-0.39, 0.29) is 18.5 Å². The molecule has 88 valence electrons. The van der Waals surface area contributed by atoms with E-state index < -0.39 is 0 Å². The molecule has 0 aromatic carbocycles. The zero-order chi connectivity index (χ0) is 12.1. The average Bonchev–Trinajstić information content (AvgIpc) is 2.16. The largest absolute Gasteiger partial charge is 0.384 e. The van der Waals surface area contributed by atoms with Gasteiger partial charge in [-0.25, -0.2) is 4.98 Å². The molecule has 16 heavy (non-hydrogen) atoms. The van der Waals surface area contributed by atoms with Crippen LogP contribution in [0.4, 0.5) is 11.6 Å². The fourth-order valence-corrected chi connectivity index (χ4v) is 1.32. The highest BCUT2D eigenvalue weighted by Crippen LogP contribution is 2.09. The Hall–Kier alpha value is -1.78. The number of anilines is 2. The molecule has 3 N–H and O–H groups in total. The lowest BCUT2D eigenvalue weighted by Gasteiger charge is -2.18. The summed E-state index contributed by atoms with van der Waals surface area (Å²) in [6.45, 7) is 4.13. The summed E-state index contributed by atoms with van der Waals surface area (Å²) in [7, 11) is 1.81. The van der Waals surface area contributed by atoms with Crippen LogP contribution in [0.3, 0.4) is 0 Å². The Labute approximate surface area is 95.7 Å². The topological polar surface area (TPSA) is 71.2 Å². The van der Waals surface area contributed by atoms with Crippen molar-refractivity contribution in [1.29, 1.82) is 0 Å². The van der Waals surface area contributed by atoms with Gasteiger partial charge < -0.3 is 16.0 Å². The number of nitrogen functional groups attached to an aromatic ring is 1. The molecular weight excluding hydrogens is 204 g/mol. The highest BCUT2D eigenvalue weighted by molar-refractivity contribution is 5.81. The van der Waals surface area contributed by atoms with E-state index in [1.54, 1.807) is 11.0 Å². The first-order valence-corrected chi connectivity index (χ1v) is 5.22. The third-order valence-corrected chi connectivity index (χ3v) is 1.98. The summed E-state index contributed by atoms with van der Waals surface area (Å²) in [4.78, 5) is 17.4. The van der Waals surface area contributed by atoms with Crippen LogP contribution < -0.4 is 16.0 Å². The molecule has 1 rings (SSSR count). The maximum absolute atomic E-state index is 11.5. The molecular formula is C11H18N4O. The van der Waals surface area contributed by atoms with Gasteiger partial charge in [-0.1, -0.05) is 6.07 Å². The summed E-state index contributed by atoms with van der Waals surface area (Å²) in [6.07, 6.45) is 0. The molecule has 0 saturated heterocycles. The number of hydrogen-bond donors (Lipinski definition) is 2. The van der Waals surface area contributed by atoms with E-state index in [1.165, 1.54) is 0 Å². The van der Waals surface area contributed by atoms with Crippen molar-refractivity contribution in [3.63, 3.8) is 0 Å². The monoisotopic (exact) mass is 222 g/mol. The number of aromatic nitrogens is 1. The Morgan fingerprint density at radius 1 is 1.56 bits per heavy atom. The molecule has 0 atom stereocenters. The Morgan fingerprint density at radius 2 is 2.25 bits per heavy atom.